The maximum absolute atomic E-state index is 11.8. The lowest BCUT2D eigenvalue weighted by Gasteiger charge is -2.38. The van der Waals surface area contributed by atoms with E-state index in [1.807, 2.05) is 0 Å². The Labute approximate surface area is 155 Å². The van der Waals surface area contributed by atoms with Crippen molar-refractivity contribution >= 4 is 28.3 Å². The SMILES string of the molecule is N#Cc1cc2ccnc(Cl)c2cc1OCCOCC(=O)N1CC(CO)C1. The Bertz CT molecular complexity index is 846. The number of hydrogen-bond donors (Lipinski definition) is 1. The number of hydrogen-bond acceptors (Lipinski definition) is 6. The van der Waals surface area contributed by atoms with Gasteiger partial charge in [-0.3, -0.25) is 4.79 Å². The molecular weight excluding hydrogens is 358 g/mol. The summed E-state index contributed by atoms with van der Waals surface area (Å²) >= 11 is 6.08. The average Bonchev–Trinajstić information content (AvgIpc) is 2.60. The molecule has 1 aliphatic heterocycles. The molecule has 1 amide bonds. The van der Waals surface area contributed by atoms with E-state index in [9.17, 15) is 10.1 Å². The number of ether oxygens (including phenoxy) is 2. The number of carbonyl (C=O) groups excluding carboxylic acids is 1. The van der Waals surface area contributed by atoms with E-state index in [1.165, 1.54) is 0 Å². The molecule has 1 aliphatic rings. The molecule has 1 fully saturated rings. The van der Waals surface area contributed by atoms with Crippen molar-refractivity contribution < 1.29 is 19.4 Å². The molecule has 0 aliphatic carbocycles. The number of aromatic nitrogens is 1. The molecule has 0 radical (unpaired) electrons. The van der Waals surface area contributed by atoms with Crippen LogP contribution in [0.5, 0.6) is 5.75 Å². The number of pyridine rings is 1. The number of nitriles is 1. The van der Waals surface area contributed by atoms with Crippen LogP contribution in [0.2, 0.25) is 5.15 Å². The quantitative estimate of drug-likeness (QED) is 0.583. The molecule has 8 heteroatoms. The van der Waals surface area contributed by atoms with E-state index in [4.69, 9.17) is 26.2 Å². The number of aliphatic hydroxyl groups is 1. The van der Waals surface area contributed by atoms with Crippen molar-refractivity contribution in [2.24, 2.45) is 5.92 Å². The fourth-order valence-corrected chi connectivity index (χ4v) is 2.94. The molecule has 1 aromatic heterocycles. The maximum Gasteiger partial charge on any atom is 0.248 e. The number of benzene rings is 1. The lowest BCUT2D eigenvalue weighted by molar-refractivity contribution is -0.143. The van der Waals surface area contributed by atoms with Gasteiger partial charge in [-0.25, -0.2) is 4.98 Å². The average molecular weight is 376 g/mol. The molecule has 1 N–H and O–H groups in total. The number of likely N-dealkylation sites (tertiary alicyclic amines) is 1. The Balaban J connectivity index is 1.50. The number of aliphatic hydroxyl groups excluding tert-OH is 1. The highest BCUT2D eigenvalue weighted by molar-refractivity contribution is 6.34. The molecule has 2 aromatic rings. The number of amides is 1. The number of carbonyl (C=O) groups is 1. The van der Waals surface area contributed by atoms with E-state index in [1.54, 1.807) is 29.3 Å². The third kappa shape index (κ3) is 4.05. The standard InChI is InChI=1S/C18H18ClN3O4/c19-18-15-6-16(14(7-20)5-13(15)1-2-21-18)26-4-3-25-11-17(24)22-8-12(9-22)10-23/h1-2,5-6,12,23H,3-4,8-11H2. The molecule has 0 spiro atoms. The molecule has 3 rings (SSSR count). The van der Waals surface area contributed by atoms with Gasteiger partial charge in [-0.2, -0.15) is 5.26 Å². The smallest absolute Gasteiger partial charge is 0.248 e. The Morgan fingerprint density at radius 3 is 2.96 bits per heavy atom. The second-order valence-corrected chi connectivity index (χ2v) is 6.39. The van der Waals surface area contributed by atoms with E-state index in [2.05, 4.69) is 11.1 Å². The summed E-state index contributed by atoms with van der Waals surface area (Å²) in [5.74, 6) is 0.482. The summed E-state index contributed by atoms with van der Waals surface area (Å²) < 4.78 is 10.9. The summed E-state index contributed by atoms with van der Waals surface area (Å²) in [7, 11) is 0. The number of rotatable bonds is 7. The summed E-state index contributed by atoms with van der Waals surface area (Å²) in [5, 5.41) is 20.1. The topological polar surface area (TPSA) is 95.7 Å². The van der Waals surface area contributed by atoms with Gasteiger partial charge in [-0.1, -0.05) is 11.6 Å². The van der Waals surface area contributed by atoms with Crippen LogP contribution in [-0.4, -0.2) is 60.4 Å². The van der Waals surface area contributed by atoms with Gasteiger partial charge in [0.25, 0.3) is 0 Å². The van der Waals surface area contributed by atoms with Gasteiger partial charge in [0.2, 0.25) is 5.91 Å². The summed E-state index contributed by atoms with van der Waals surface area (Å²) in [5.41, 5.74) is 0.395. The third-order valence-electron chi connectivity index (χ3n) is 4.22. The fourth-order valence-electron chi connectivity index (χ4n) is 2.72. The minimum Gasteiger partial charge on any atom is -0.490 e. The predicted molar refractivity (Wildman–Crippen MR) is 94.9 cm³/mol. The highest BCUT2D eigenvalue weighted by atomic mass is 35.5. The molecule has 136 valence electrons. The van der Waals surface area contributed by atoms with Gasteiger partial charge in [0.1, 0.15) is 30.2 Å². The van der Waals surface area contributed by atoms with Crippen molar-refractivity contribution in [1.82, 2.24) is 9.88 Å². The zero-order valence-corrected chi connectivity index (χ0v) is 14.8. The summed E-state index contributed by atoms with van der Waals surface area (Å²) in [6.45, 7) is 1.64. The van der Waals surface area contributed by atoms with Gasteiger partial charge in [0.15, 0.2) is 0 Å². The van der Waals surface area contributed by atoms with Crippen molar-refractivity contribution in [3.05, 3.63) is 35.1 Å². The van der Waals surface area contributed by atoms with Crippen molar-refractivity contribution in [2.75, 3.05) is 39.5 Å². The van der Waals surface area contributed by atoms with E-state index >= 15 is 0 Å². The number of halogens is 1. The van der Waals surface area contributed by atoms with Gasteiger partial charge in [-0.15, -0.1) is 0 Å². The number of fused-ring (bicyclic) bond motifs is 1. The Morgan fingerprint density at radius 1 is 1.42 bits per heavy atom. The first-order valence-corrected chi connectivity index (χ1v) is 8.57. The Morgan fingerprint density at radius 2 is 2.23 bits per heavy atom. The van der Waals surface area contributed by atoms with E-state index in [0.717, 1.165) is 5.39 Å². The first kappa shape index (κ1) is 18.4. The summed E-state index contributed by atoms with van der Waals surface area (Å²) in [6.07, 6.45) is 1.58. The summed E-state index contributed by atoms with van der Waals surface area (Å²) in [4.78, 5) is 17.5. The van der Waals surface area contributed by atoms with Crippen LogP contribution in [0.4, 0.5) is 0 Å². The highest BCUT2D eigenvalue weighted by Gasteiger charge is 2.29. The zero-order chi connectivity index (χ0) is 18.5. The largest absolute Gasteiger partial charge is 0.490 e. The monoisotopic (exact) mass is 375 g/mol. The van der Waals surface area contributed by atoms with Gasteiger partial charge < -0.3 is 19.5 Å². The lowest BCUT2D eigenvalue weighted by atomic mass is 10.0. The molecule has 26 heavy (non-hydrogen) atoms. The molecule has 7 nitrogen and oxygen atoms in total. The van der Waals surface area contributed by atoms with Gasteiger partial charge in [0.05, 0.1) is 12.2 Å². The molecule has 0 unspecified atom stereocenters. The van der Waals surface area contributed by atoms with E-state index in [-0.39, 0.29) is 38.3 Å². The second-order valence-electron chi connectivity index (χ2n) is 6.03. The molecule has 0 saturated carbocycles. The summed E-state index contributed by atoms with van der Waals surface area (Å²) in [6, 6.07) is 7.25. The molecule has 1 aromatic carbocycles. The van der Waals surface area contributed by atoms with Crippen molar-refractivity contribution in [3.63, 3.8) is 0 Å². The van der Waals surface area contributed by atoms with Crippen LogP contribution in [0.25, 0.3) is 10.8 Å². The van der Waals surface area contributed by atoms with Crippen LogP contribution in [0.3, 0.4) is 0 Å². The first-order valence-electron chi connectivity index (χ1n) is 8.20. The van der Waals surface area contributed by atoms with Gasteiger partial charge in [0, 0.05) is 37.2 Å². The van der Waals surface area contributed by atoms with Crippen LogP contribution in [0.15, 0.2) is 24.4 Å². The van der Waals surface area contributed by atoms with Crippen molar-refractivity contribution in [2.45, 2.75) is 0 Å². The van der Waals surface area contributed by atoms with Crippen molar-refractivity contribution in [1.29, 1.82) is 5.26 Å². The predicted octanol–water partition coefficient (Wildman–Crippen LogP) is 1.61. The third-order valence-corrected chi connectivity index (χ3v) is 4.52. The number of nitrogens with zero attached hydrogens (tertiary/aromatic N) is 3. The Kier molecular flexibility index (Phi) is 5.89. The molecule has 2 heterocycles. The molecule has 0 atom stereocenters. The van der Waals surface area contributed by atoms with E-state index < -0.39 is 0 Å². The van der Waals surface area contributed by atoms with Crippen LogP contribution in [-0.2, 0) is 9.53 Å². The minimum atomic E-state index is -0.101. The Hall–Kier alpha value is -2.40. The molecule has 0 bridgehead atoms. The molecular formula is C18H18ClN3O4. The second kappa shape index (κ2) is 8.32. The first-order chi connectivity index (χ1) is 12.6. The highest BCUT2D eigenvalue weighted by Crippen LogP contribution is 2.29. The van der Waals surface area contributed by atoms with Crippen LogP contribution >= 0.6 is 11.6 Å². The van der Waals surface area contributed by atoms with Gasteiger partial charge >= 0.3 is 0 Å². The van der Waals surface area contributed by atoms with Crippen LogP contribution in [0, 0.1) is 17.2 Å². The fraction of sp³-hybridized carbons (Fsp3) is 0.389. The minimum absolute atomic E-state index is 0.0277. The normalized spacial score (nSPS) is 14.1. The van der Waals surface area contributed by atoms with Gasteiger partial charge in [-0.05, 0) is 23.6 Å². The molecule has 1 saturated heterocycles. The van der Waals surface area contributed by atoms with Crippen LogP contribution < -0.4 is 4.74 Å². The van der Waals surface area contributed by atoms with Crippen molar-refractivity contribution in [3.8, 4) is 11.8 Å². The maximum atomic E-state index is 11.8. The van der Waals surface area contributed by atoms with Crippen LogP contribution in [0.1, 0.15) is 5.56 Å². The lowest BCUT2D eigenvalue weighted by Crippen LogP contribution is -2.52. The van der Waals surface area contributed by atoms with E-state index in [0.29, 0.717) is 34.9 Å². The zero-order valence-electron chi connectivity index (χ0n) is 14.0.